The number of carbonyl (C=O) groups excluding carboxylic acids is 1. The number of carboxylic acids is 1. The first-order valence-electron chi connectivity index (χ1n) is 5.07. The summed E-state index contributed by atoms with van der Waals surface area (Å²) in [6, 6.07) is 1.87. The molecular weight excluding hydrogens is 222 g/mol. The van der Waals surface area contributed by atoms with Crippen LogP contribution in [0.5, 0.6) is 5.75 Å². The second-order valence-corrected chi connectivity index (χ2v) is 3.80. The van der Waals surface area contributed by atoms with E-state index in [0.717, 1.165) is 16.7 Å². The molecule has 0 unspecified atom stereocenters. The molecule has 1 rings (SSSR count). The predicted molar refractivity (Wildman–Crippen MR) is 63.5 cm³/mol. The molecule has 0 aliphatic heterocycles. The highest BCUT2D eigenvalue weighted by molar-refractivity contribution is 6.36. The smallest absolute Gasteiger partial charge is 0.394 e. The number of amides is 1. The Labute approximate surface area is 99.4 Å². The summed E-state index contributed by atoms with van der Waals surface area (Å²) in [6.45, 7) is 5.56. The third-order valence-electron chi connectivity index (χ3n) is 2.62. The number of rotatable bonds is 2. The Kier molecular flexibility index (Phi) is 3.73. The van der Waals surface area contributed by atoms with Crippen LogP contribution in [0.3, 0.4) is 0 Å². The minimum Gasteiger partial charge on any atom is -0.494 e. The van der Waals surface area contributed by atoms with E-state index >= 15 is 0 Å². The molecule has 92 valence electrons. The highest BCUT2D eigenvalue weighted by Crippen LogP contribution is 2.34. The summed E-state index contributed by atoms with van der Waals surface area (Å²) in [6.07, 6.45) is 0. The van der Waals surface area contributed by atoms with Gasteiger partial charge in [-0.3, -0.25) is 4.79 Å². The van der Waals surface area contributed by atoms with E-state index in [9.17, 15) is 9.59 Å². The van der Waals surface area contributed by atoms with Crippen molar-refractivity contribution in [1.82, 2.24) is 0 Å². The average Bonchev–Trinajstić information content (AvgIpc) is 2.26. The van der Waals surface area contributed by atoms with Crippen LogP contribution in [-0.4, -0.2) is 24.1 Å². The number of carbonyl (C=O) groups is 2. The molecule has 0 fully saturated rings. The van der Waals surface area contributed by atoms with Gasteiger partial charge in [0.2, 0.25) is 0 Å². The van der Waals surface area contributed by atoms with Gasteiger partial charge in [0.15, 0.2) is 0 Å². The fourth-order valence-electron chi connectivity index (χ4n) is 1.63. The maximum absolute atomic E-state index is 11.2. The number of anilines is 1. The molecule has 2 N–H and O–H groups in total. The lowest BCUT2D eigenvalue weighted by molar-refractivity contribution is -0.147. The van der Waals surface area contributed by atoms with Crippen molar-refractivity contribution in [2.45, 2.75) is 20.8 Å². The highest BCUT2D eigenvalue weighted by Gasteiger charge is 2.18. The Morgan fingerprint density at radius 1 is 1.24 bits per heavy atom. The summed E-state index contributed by atoms with van der Waals surface area (Å²) < 4.78 is 5.21. The second kappa shape index (κ2) is 4.86. The van der Waals surface area contributed by atoms with E-state index in [-0.39, 0.29) is 0 Å². The van der Waals surface area contributed by atoms with Crippen molar-refractivity contribution in [2.24, 2.45) is 0 Å². The Morgan fingerprint density at radius 3 is 2.29 bits per heavy atom. The zero-order valence-electron chi connectivity index (χ0n) is 10.2. The summed E-state index contributed by atoms with van der Waals surface area (Å²) in [5.41, 5.74) is 3.06. The summed E-state index contributed by atoms with van der Waals surface area (Å²) in [5.74, 6) is -2.10. The normalized spacial score (nSPS) is 9.88. The number of nitrogens with one attached hydrogen (secondary N) is 1. The van der Waals surface area contributed by atoms with E-state index in [0.29, 0.717) is 11.4 Å². The third kappa shape index (κ3) is 2.55. The standard InChI is InChI=1S/C12H15NO4/c1-6-5-7(2)9(10(17-4)8(6)3)13-11(14)12(15)16/h5H,1-4H3,(H,13,14)(H,15,16). The van der Waals surface area contributed by atoms with E-state index in [2.05, 4.69) is 5.32 Å². The van der Waals surface area contributed by atoms with E-state index in [1.165, 1.54) is 7.11 Å². The molecule has 0 aliphatic rings. The molecule has 0 heterocycles. The molecule has 0 saturated carbocycles. The molecule has 1 amide bonds. The van der Waals surface area contributed by atoms with Crippen molar-refractivity contribution in [3.05, 3.63) is 22.8 Å². The molecule has 1 aromatic rings. The van der Waals surface area contributed by atoms with Crippen LogP contribution in [0.15, 0.2) is 6.07 Å². The monoisotopic (exact) mass is 237 g/mol. The number of methoxy groups -OCH3 is 1. The number of benzene rings is 1. The summed E-state index contributed by atoms with van der Waals surface area (Å²) in [7, 11) is 1.48. The van der Waals surface area contributed by atoms with Crippen LogP contribution in [0.25, 0.3) is 0 Å². The number of hydrogen-bond acceptors (Lipinski definition) is 3. The molecule has 5 heteroatoms. The Balaban J connectivity index is 3.27. The molecular formula is C12H15NO4. The van der Waals surface area contributed by atoms with Crippen molar-refractivity contribution in [3.63, 3.8) is 0 Å². The summed E-state index contributed by atoms with van der Waals surface area (Å²) in [4.78, 5) is 21.7. The van der Waals surface area contributed by atoms with E-state index in [1.807, 2.05) is 19.9 Å². The lowest BCUT2D eigenvalue weighted by atomic mass is 10.0. The van der Waals surface area contributed by atoms with Gasteiger partial charge in [-0.25, -0.2) is 4.79 Å². The minimum absolute atomic E-state index is 0.406. The molecule has 0 spiro atoms. The molecule has 1 aromatic carbocycles. The van der Waals surface area contributed by atoms with E-state index in [1.54, 1.807) is 6.92 Å². The van der Waals surface area contributed by atoms with Crippen LogP contribution in [0.4, 0.5) is 5.69 Å². The van der Waals surface area contributed by atoms with Gasteiger partial charge in [-0.2, -0.15) is 0 Å². The maximum atomic E-state index is 11.2. The van der Waals surface area contributed by atoms with Gasteiger partial charge >= 0.3 is 11.9 Å². The Bertz CT molecular complexity index is 480. The number of hydrogen-bond donors (Lipinski definition) is 2. The lowest BCUT2D eigenvalue weighted by Crippen LogP contribution is -2.23. The quantitative estimate of drug-likeness (QED) is 0.767. The van der Waals surface area contributed by atoms with Crippen molar-refractivity contribution in [2.75, 3.05) is 12.4 Å². The molecule has 17 heavy (non-hydrogen) atoms. The molecule has 0 atom stereocenters. The highest BCUT2D eigenvalue weighted by atomic mass is 16.5. The molecule has 0 bridgehead atoms. The fourth-order valence-corrected chi connectivity index (χ4v) is 1.63. The Hall–Kier alpha value is -2.04. The van der Waals surface area contributed by atoms with Crippen molar-refractivity contribution >= 4 is 17.6 Å². The maximum Gasteiger partial charge on any atom is 0.394 e. The lowest BCUT2D eigenvalue weighted by Gasteiger charge is -2.16. The van der Waals surface area contributed by atoms with E-state index < -0.39 is 11.9 Å². The van der Waals surface area contributed by atoms with Crippen molar-refractivity contribution < 1.29 is 19.4 Å². The van der Waals surface area contributed by atoms with Crippen LogP contribution in [0.1, 0.15) is 16.7 Å². The van der Waals surface area contributed by atoms with Gasteiger partial charge in [-0.05, 0) is 37.5 Å². The molecule has 0 radical (unpaired) electrons. The minimum atomic E-state index is -1.52. The van der Waals surface area contributed by atoms with Gasteiger partial charge in [0, 0.05) is 0 Å². The van der Waals surface area contributed by atoms with Crippen LogP contribution in [-0.2, 0) is 9.59 Å². The predicted octanol–water partition coefficient (Wildman–Crippen LogP) is 1.64. The number of ether oxygens (including phenoxy) is 1. The van der Waals surface area contributed by atoms with Gasteiger partial charge in [-0.1, -0.05) is 6.07 Å². The molecule has 5 nitrogen and oxygen atoms in total. The number of aryl methyl sites for hydroxylation is 2. The summed E-state index contributed by atoms with van der Waals surface area (Å²) in [5, 5.41) is 10.9. The van der Waals surface area contributed by atoms with Gasteiger partial charge in [0.1, 0.15) is 5.75 Å². The van der Waals surface area contributed by atoms with Crippen molar-refractivity contribution in [1.29, 1.82) is 0 Å². The Morgan fingerprint density at radius 2 is 1.82 bits per heavy atom. The fraction of sp³-hybridized carbons (Fsp3) is 0.333. The average molecular weight is 237 g/mol. The van der Waals surface area contributed by atoms with E-state index in [4.69, 9.17) is 9.84 Å². The SMILES string of the molecule is COc1c(C)c(C)cc(C)c1NC(=O)C(=O)O. The van der Waals surface area contributed by atoms with Crippen LogP contribution >= 0.6 is 0 Å². The van der Waals surface area contributed by atoms with Gasteiger partial charge in [0.05, 0.1) is 12.8 Å². The molecule has 0 saturated heterocycles. The second-order valence-electron chi connectivity index (χ2n) is 3.80. The first-order chi connectivity index (χ1) is 7.88. The zero-order chi connectivity index (χ0) is 13.2. The van der Waals surface area contributed by atoms with Gasteiger partial charge in [-0.15, -0.1) is 0 Å². The number of aliphatic carboxylic acids is 1. The van der Waals surface area contributed by atoms with Gasteiger partial charge < -0.3 is 15.2 Å². The first-order valence-corrected chi connectivity index (χ1v) is 5.07. The van der Waals surface area contributed by atoms with Gasteiger partial charge in [0.25, 0.3) is 0 Å². The van der Waals surface area contributed by atoms with Crippen LogP contribution in [0.2, 0.25) is 0 Å². The molecule has 0 aliphatic carbocycles. The largest absolute Gasteiger partial charge is 0.494 e. The first kappa shape index (κ1) is 13.0. The zero-order valence-corrected chi connectivity index (χ0v) is 10.2. The van der Waals surface area contributed by atoms with Crippen LogP contribution in [0, 0.1) is 20.8 Å². The topological polar surface area (TPSA) is 75.6 Å². The molecule has 0 aromatic heterocycles. The summed E-state index contributed by atoms with van der Waals surface area (Å²) >= 11 is 0. The third-order valence-corrected chi connectivity index (χ3v) is 2.62. The number of carboxylic acid groups (broad SMARTS) is 1. The van der Waals surface area contributed by atoms with Crippen molar-refractivity contribution in [3.8, 4) is 5.75 Å². The van der Waals surface area contributed by atoms with Crippen LogP contribution < -0.4 is 10.1 Å².